The molecule has 0 aromatic heterocycles. The molecule has 2 N–H and O–H groups in total. The minimum absolute atomic E-state index is 0.142. The number of benzene rings is 1. The summed E-state index contributed by atoms with van der Waals surface area (Å²) in [6.07, 6.45) is 1.39. The molecule has 1 fully saturated rings. The highest BCUT2D eigenvalue weighted by molar-refractivity contribution is 5.69. The lowest BCUT2D eigenvalue weighted by Crippen LogP contribution is -2.46. The van der Waals surface area contributed by atoms with Gasteiger partial charge in [0.05, 0.1) is 20.1 Å². The number of hydrogen-bond acceptors (Lipinski definition) is 5. The lowest BCUT2D eigenvalue weighted by atomic mass is 9.88. The van der Waals surface area contributed by atoms with Gasteiger partial charge in [-0.25, -0.2) is 0 Å². The molecule has 1 saturated heterocycles. The number of carbonyl (C=O) groups is 1. The summed E-state index contributed by atoms with van der Waals surface area (Å²) in [5.74, 6) is 1.13. The summed E-state index contributed by atoms with van der Waals surface area (Å²) in [6, 6.07) is 8.40. The minimum Gasteiger partial charge on any atom is -0.494 e. The molecule has 0 bridgehead atoms. The van der Waals surface area contributed by atoms with Crippen LogP contribution < -0.4 is 10.5 Å². The van der Waals surface area contributed by atoms with Crippen LogP contribution in [0.4, 0.5) is 0 Å². The number of hydrogen-bond donors (Lipinski definition) is 1. The van der Waals surface area contributed by atoms with Gasteiger partial charge in [-0.2, -0.15) is 0 Å². The van der Waals surface area contributed by atoms with E-state index < -0.39 is 0 Å². The molecule has 0 amide bonds. The molecular formula is C17H26N2O3. The third-order valence-electron chi connectivity index (χ3n) is 4.08. The van der Waals surface area contributed by atoms with Gasteiger partial charge in [0, 0.05) is 25.7 Å². The van der Waals surface area contributed by atoms with Gasteiger partial charge in [-0.05, 0) is 37.0 Å². The Hall–Kier alpha value is -1.59. The van der Waals surface area contributed by atoms with E-state index in [1.54, 1.807) is 0 Å². The second-order valence-corrected chi connectivity index (χ2v) is 5.78. The van der Waals surface area contributed by atoms with E-state index in [1.807, 2.05) is 19.1 Å². The van der Waals surface area contributed by atoms with E-state index in [9.17, 15) is 4.79 Å². The summed E-state index contributed by atoms with van der Waals surface area (Å²) in [5, 5.41) is 0. The number of likely N-dealkylation sites (tertiary alicyclic amines) is 1. The topological polar surface area (TPSA) is 64.8 Å². The largest absolute Gasteiger partial charge is 0.494 e. The normalized spacial score (nSPS) is 22.3. The SMILES string of the molecule is CCOc1ccc(C2CC(N)CN(CCC(=O)OC)C2)cc1. The number of nitrogens with two attached hydrogens (primary N) is 1. The number of piperidine rings is 1. The van der Waals surface area contributed by atoms with Crippen molar-refractivity contribution in [3.63, 3.8) is 0 Å². The molecule has 22 heavy (non-hydrogen) atoms. The Morgan fingerprint density at radius 1 is 1.32 bits per heavy atom. The van der Waals surface area contributed by atoms with E-state index >= 15 is 0 Å². The molecule has 1 aromatic carbocycles. The Morgan fingerprint density at radius 3 is 2.68 bits per heavy atom. The van der Waals surface area contributed by atoms with Gasteiger partial charge in [-0.3, -0.25) is 4.79 Å². The van der Waals surface area contributed by atoms with Gasteiger partial charge >= 0.3 is 5.97 Å². The fourth-order valence-corrected chi connectivity index (χ4v) is 3.01. The molecule has 0 saturated carbocycles. The van der Waals surface area contributed by atoms with Crippen LogP contribution in [0.2, 0.25) is 0 Å². The summed E-state index contributed by atoms with van der Waals surface area (Å²) in [5.41, 5.74) is 7.47. The Balaban J connectivity index is 1.96. The third kappa shape index (κ3) is 4.71. The zero-order valence-corrected chi connectivity index (χ0v) is 13.5. The van der Waals surface area contributed by atoms with Gasteiger partial charge in [-0.15, -0.1) is 0 Å². The Kier molecular flexibility index (Phi) is 6.21. The van der Waals surface area contributed by atoms with Gasteiger partial charge in [0.25, 0.3) is 0 Å². The zero-order valence-electron chi connectivity index (χ0n) is 13.5. The first-order valence-corrected chi connectivity index (χ1v) is 7.90. The number of rotatable bonds is 6. The van der Waals surface area contributed by atoms with Gasteiger partial charge in [0.2, 0.25) is 0 Å². The lowest BCUT2D eigenvalue weighted by Gasteiger charge is -2.36. The predicted octanol–water partition coefficient (Wildman–Crippen LogP) is 1.76. The summed E-state index contributed by atoms with van der Waals surface area (Å²) in [4.78, 5) is 13.5. The first kappa shape index (κ1) is 16.8. The zero-order chi connectivity index (χ0) is 15.9. The first-order chi connectivity index (χ1) is 10.6. The Labute approximate surface area is 132 Å². The highest BCUT2D eigenvalue weighted by atomic mass is 16.5. The molecule has 1 aliphatic heterocycles. The molecule has 0 radical (unpaired) electrons. The molecule has 2 rings (SSSR count). The molecule has 2 atom stereocenters. The summed E-state index contributed by atoms with van der Waals surface area (Å²) in [7, 11) is 1.42. The monoisotopic (exact) mass is 306 g/mol. The third-order valence-corrected chi connectivity index (χ3v) is 4.08. The maximum absolute atomic E-state index is 11.3. The van der Waals surface area contributed by atoms with Crippen LogP contribution in [0.25, 0.3) is 0 Å². The Bertz CT molecular complexity index is 475. The molecule has 0 spiro atoms. The fourth-order valence-electron chi connectivity index (χ4n) is 3.01. The molecule has 1 aromatic rings. The van der Waals surface area contributed by atoms with Gasteiger partial charge < -0.3 is 20.1 Å². The summed E-state index contributed by atoms with van der Waals surface area (Å²) >= 11 is 0. The van der Waals surface area contributed by atoms with Crippen molar-refractivity contribution in [1.29, 1.82) is 0 Å². The minimum atomic E-state index is -0.170. The van der Waals surface area contributed by atoms with E-state index in [0.717, 1.165) is 25.3 Å². The molecule has 2 unspecified atom stereocenters. The number of methoxy groups -OCH3 is 1. The standard InChI is InChI=1S/C17H26N2O3/c1-3-22-16-6-4-13(5-7-16)14-10-15(18)12-19(11-14)9-8-17(20)21-2/h4-7,14-15H,3,8-12,18H2,1-2H3. The highest BCUT2D eigenvalue weighted by Gasteiger charge is 2.26. The van der Waals surface area contributed by atoms with Crippen molar-refractivity contribution < 1.29 is 14.3 Å². The predicted molar refractivity (Wildman–Crippen MR) is 86.0 cm³/mol. The first-order valence-electron chi connectivity index (χ1n) is 7.90. The van der Waals surface area contributed by atoms with E-state index in [1.165, 1.54) is 12.7 Å². The van der Waals surface area contributed by atoms with Crippen molar-refractivity contribution in [3.8, 4) is 5.75 Å². The summed E-state index contributed by atoms with van der Waals surface area (Å²) in [6.45, 7) is 5.12. The number of ether oxygens (including phenoxy) is 2. The second-order valence-electron chi connectivity index (χ2n) is 5.78. The van der Waals surface area contributed by atoms with Crippen LogP contribution in [0, 0.1) is 0 Å². The second kappa shape index (κ2) is 8.15. The van der Waals surface area contributed by atoms with Crippen molar-refractivity contribution in [1.82, 2.24) is 4.90 Å². The van der Waals surface area contributed by atoms with Crippen molar-refractivity contribution in [3.05, 3.63) is 29.8 Å². The van der Waals surface area contributed by atoms with Crippen LogP contribution in [-0.4, -0.2) is 50.3 Å². The van der Waals surface area contributed by atoms with E-state index in [4.69, 9.17) is 15.2 Å². The van der Waals surface area contributed by atoms with Gasteiger partial charge in [-0.1, -0.05) is 12.1 Å². The van der Waals surface area contributed by atoms with Crippen LogP contribution in [0.1, 0.15) is 31.2 Å². The molecule has 0 aliphatic carbocycles. The fraction of sp³-hybridized carbons (Fsp3) is 0.588. The average molecular weight is 306 g/mol. The Morgan fingerprint density at radius 2 is 2.05 bits per heavy atom. The summed E-state index contributed by atoms with van der Waals surface area (Å²) < 4.78 is 10.2. The van der Waals surface area contributed by atoms with Gasteiger partial charge in [0.1, 0.15) is 5.75 Å². The molecule has 5 heteroatoms. The van der Waals surface area contributed by atoms with E-state index in [2.05, 4.69) is 17.0 Å². The van der Waals surface area contributed by atoms with E-state index in [0.29, 0.717) is 25.5 Å². The lowest BCUT2D eigenvalue weighted by molar-refractivity contribution is -0.141. The molecule has 1 heterocycles. The molecule has 122 valence electrons. The molecule has 1 aliphatic rings. The van der Waals surface area contributed by atoms with Crippen molar-refractivity contribution in [2.75, 3.05) is 33.4 Å². The van der Waals surface area contributed by atoms with Gasteiger partial charge in [0.15, 0.2) is 0 Å². The smallest absolute Gasteiger partial charge is 0.306 e. The van der Waals surface area contributed by atoms with Crippen LogP contribution in [-0.2, 0) is 9.53 Å². The maximum Gasteiger partial charge on any atom is 0.306 e. The quantitative estimate of drug-likeness (QED) is 0.811. The highest BCUT2D eigenvalue weighted by Crippen LogP contribution is 2.28. The molecular weight excluding hydrogens is 280 g/mol. The van der Waals surface area contributed by atoms with Crippen molar-refractivity contribution in [2.45, 2.75) is 31.7 Å². The van der Waals surface area contributed by atoms with Crippen LogP contribution in [0.3, 0.4) is 0 Å². The van der Waals surface area contributed by atoms with Crippen LogP contribution in [0.5, 0.6) is 5.75 Å². The number of esters is 1. The average Bonchev–Trinajstić information content (AvgIpc) is 2.53. The number of carbonyl (C=O) groups excluding carboxylic acids is 1. The number of nitrogens with zero attached hydrogens (tertiary/aromatic N) is 1. The van der Waals surface area contributed by atoms with E-state index in [-0.39, 0.29) is 12.0 Å². The van der Waals surface area contributed by atoms with Crippen molar-refractivity contribution in [2.24, 2.45) is 5.73 Å². The van der Waals surface area contributed by atoms with Crippen molar-refractivity contribution >= 4 is 5.97 Å². The van der Waals surface area contributed by atoms with Crippen LogP contribution in [0.15, 0.2) is 24.3 Å². The molecule has 5 nitrogen and oxygen atoms in total. The van der Waals surface area contributed by atoms with Crippen LogP contribution >= 0.6 is 0 Å². The maximum atomic E-state index is 11.3.